The summed E-state index contributed by atoms with van der Waals surface area (Å²) < 4.78 is 16.6. The Morgan fingerprint density at radius 2 is 1.59 bits per heavy atom. The summed E-state index contributed by atoms with van der Waals surface area (Å²) in [5.74, 6) is -0.297. The van der Waals surface area contributed by atoms with Gasteiger partial charge in [-0.25, -0.2) is 14.6 Å². The summed E-state index contributed by atoms with van der Waals surface area (Å²) in [7, 11) is 0. The van der Waals surface area contributed by atoms with Crippen molar-refractivity contribution in [2.45, 2.75) is 20.0 Å². The Morgan fingerprint density at radius 1 is 0.949 bits per heavy atom. The number of carboxylic acid groups (broad SMARTS) is 1. The molecule has 0 fully saturated rings. The van der Waals surface area contributed by atoms with E-state index in [0.717, 1.165) is 22.3 Å². The predicted molar refractivity (Wildman–Crippen MR) is 143 cm³/mol. The number of aromatic amines is 1. The zero-order chi connectivity index (χ0) is 27.4. The zero-order valence-corrected chi connectivity index (χ0v) is 21.0. The average molecular weight is 525 g/mol. The lowest BCUT2D eigenvalue weighted by molar-refractivity contribution is 0.0688. The highest BCUT2D eigenvalue weighted by Crippen LogP contribution is 2.33. The van der Waals surface area contributed by atoms with E-state index < -0.39 is 18.2 Å². The van der Waals surface area contributed by atoms with Gasteiger partial charge in [0.05, 0.1) is 6.33 Å². The number of rotatable bonds is 8. The molecule has 0 spiro atoms. The summed E-state index contributed by atoms with van der Waals surface area (Å²) in [5.41, 5.74) is 4.30. The minimum atomic E-state index is -1.15. The van der Waals surface area contributed by atoms with Gasteiger partial charge in [-0.2, -0.15) is 0 Å². The summed E-state index contributed by atoms with van der Waals surface area (Å²) in [6, 6.07) is 24.2. The van der Waals surface area contributed by atoms with Crippen molar-refractivity contribution in [3.8, 4) is 34.1 Å². The highest BCUT2D eigenvalue weighted by Gasteiger charge is 2.20. The Morgan fingerprint density at radius 3 is 2.26 bits per heavy atom. The average Bonchev–Trinajstić information content (AvgIpc) is 3.56. The molecule has 0 saturated carbocycles. The molecule has 10 nitrogen and oxygen atoms in total. The van der Waals surface area contributed by atoms with Gasteiger partial charge in [-0.1, -0.05) is 71.9 Å². The van der Waals surface area contributed by atoms with Gasteiger partial charge in [-0.05, 0) is 42.7 Å². The predicted octanol–water partition coefficient (Wildman–Crippen LogP) is 6.84. The third-order valence-electron chi connectivity index (χ3n) is 6.01. The molecule has 0 aliphatic carbocycles. The molecule has 0 bridgehead atoms. The van der Waals surface area contributed by atoms with E-state index in [1.54, 1.807) is 26.0 Å². The third-order valence-corrected chi connectivity index (χ3v) is 6.01. The number of ether oxygens (including phenoxy) is 2. The molecule has 0 saturated heterocycles. The number of benzene rings is 3. The Hall–Kier alpha value is -5.38. The number of aromatic carboxylic acids is 1. The quantitative estimate of drug-likeness (QED) is 0.200. The van der Waals surface area contributed by atoms with E-state index in [9.17, 15) is 14.7 Å². The number of nitrogens with one attached hydrogen (secondary N) is 2. The number of aryl methyl sites for hydroxylation is 1. The maximum atomic E-state index is 12.6. The summed E-state index contributed by atoms with van der Waals surface area (Å²) >= 11 is 0. The van der Waals surface area contributed by atoms with Gasteiger partial charge in [0.15, 0.2) is 11.5 Å². The number of amides is 1. The maximum absolute atomic E-state index is 12.6. The number of hydrogen-bond acceptors (Lipinski definition) is 7. The number of aromatic nitrogens is 3. The molecule has 0 aliphatic rings. The van der Waals surface area contributed by atoms with Crippen molar-refractivity contribution >= 4 is 17.7 Å². The number of carboxylic acids is 1. The van der Waals surface area contributed by atoms with Gasteiger partial charge in [0.1, 0.15) is 23.2 Å². The molecule has 2 aromatic heterocycles. The molecule has 10 heteroatoms. The fraction of sp³-hybridized carbons (Fsp3) is 0.103. The van der Waals surface area contributed by atoms with E-state index in [-0.39, 0.29) is 11.6 Å². The van der Waals surface area contributed by atoms with Gasteiger partial charge in [-0.15, -0.1) is 0 Å². The smallest absolute Gasteiger partial charge is 0.412 e. The summed E-state index contributed by atoms with van der Waals surface area (Å²) in [4.78, 5) is 30.3. The standard InChI is InChI=1S/C29H24N4O6/c1-17-24(32-29(36)37-18(2)19-6-4-3-5-7-19)26(39-33-17)22-10-8-20(9-11-22)21-12-14-23(15-13-21)38-27-25(28(34)35)30-16-31-27/h3-16,18H,1-2H3,(H,30,31)(H,32,36)(H,34,35)/t18-/m1/s1. The molecule has 3 aromatic carbocycles. The topological polar surface area (TPSA) is 140 Å². The maximum Gasteiger partial charge on any atom is 0.412 e. The lowest BCUT2D eigenvalue weighted by Gasteiger charge is -2.14. The van der Waals surface area contributed by atoms with Crippen molar-refractivity contribution in [2.75, 3.05) is 5.32 Å². The fourth-order valence-electron chi connectivity index (χ4n) is 3.95. The van der Waals surface area contributed by atoms with Crippen molar-refractivity contribution in [1.82, 2.24) is 15.1 Å². The highest BCUT2D eigenvalue weighted by atomic mass is 16.6. The first-order chi connectivity index (χ1) is 18.9. The Kier molecular flexibility index (Phi) is 7.09. The number of nitrogens with zero attached hydrogens (tertiary/aromatic N) is 2. The van der Waals surface area contributed by atoms with E-state index in [0.29, 0.717) is 22.9 Å². The molecule has 0 aliphatic heterocycles. The first kappa shape index (κ1) is 25.3. The van der Waals surface area contributed by atoms with E-state index >= 15 is 0 Å². The first-order valence-corrected chi connectivity index (χ1v) is 12.0. The second-order valence-electron chi connectivity index (χ2n) is 8.65. The van der Waals surface area contributed by atoms with E-state index in [1.165, 1.54) is 6.33 Å². The molecular formula is C29H24N4O6. The largest absolute Gasteiger partial charge is 0.476 e. The van der Waals surface area contributed by atoms with Crippen LogP contribution in [0.1, 0.15) is 34.8 Å². The molecule has 1 amide bonds. The molecule has 3 N–H and O–H groups in total. The van der Waals surface area contributed by atoms with Crippen LogP contribution in [0.3, 0.4) is 0 Å². The number of anilines is 1. The van der Waals surface area contributed by atoms with Crippen LogP contribution in [0, 0.1) is 6.92 Å². The van der Waals surface area contributed by atoms with Crippen molar-refractivity contribution in [3.05, 3.63) is 102 Å². The monoisotopic (exact) mass is 524 g/mol. The van der Waals surface area contributed by atoms with Gasteiger partial charge < -0.3 is 24.1 Å². The molecule has 39 heavy (non-hydrogen) atoms. The van der Waals surface area contributed by atoms with Gasteiger partial charge in [0.25, 0.3) is 5.88 Å². The first-order valence-electron chi connectivity index (χ1n) is 12.0. The Bertz CT molecular complexity index is 1590. The molecule has 196 valence electrons. The second-order valence-corrected chi connectivity index (χ2v) is 8.65. The molecule has 0 unspecified atom stereocenters. The summed E-state index contributed by atoms with van der Waals surface area (Å²) in [5, 5.41) is 16.0. The molecule has 5 rings (SSSR count). The lowest BCUT2D eigenvalue weighted by Crippen LogP contribution is -2.16. The molecule has 2 heterocycles. The zero-order valence-electron chi connectivity index (χ0n) is 21.0. The van der Waals surface area contributed by atoms with Crippen molar-refractivity contribution in [3.63, 3.8) is 0 Å². The molecule has 1 atom stereocenters. The van der Waals surface area contributed by atoms with E-state index in [2.05, 4.69) is 20.4 Å². The van der Waals surface area contributed by atoms with Crippen LogP contribution in [0.4, 0.5) is 10.5 Å². The minimum Gasteiger partial charge on any atom is -0.476 e. The van der Waals surface area contributed by atoms with Gasteiger partial charge in [-0.3, -0.25) is 5.32 Å². The van der Waals surface area contributed by atoms with Crippen LogP contribution < -0.4 is 10.1 Å². The van der Waals surface area contributed by atoms with E-state index in [1.807, 2.05) is 66.7 Å². The van der Waals surface area contributed by atoms with Gasteiger partial charge in [0.2, 0.25) is 0 Å². The lowest BCUT2D eigenvalue weighted by atomic mass is 10.0. The van der Waals surface area contributed by atoms with Crippen molar-refractivity contribution in [1.29, 1.82) is 0 Å². The van der Waals surface area contributed by atoms with Crippen LogP contribution in [-0.2, 0) is 4.74 Å². The highest BCUT2D eigenvalue weighted by molar-refractivity contribution is 5.91. The fourth-order valence-corrected chi connectivity index (χ4v) is 3.95. The van der Waals surface area contributed by atoms with Crippen LogP contribution in [0.5, 0.6) is 11.6 Å². The number of H-pyrrole nitrogens is 1. The van der Waals surface area contributed by atoms with E-state index in [4.69, 9.17) is 14.0 Å². The number of carbonyl (C=O) groups is 2. The van der Waals surface area contributed by atoms with Crippen LogP contribution in [0.15, 0.2) is 89.7 Å². The number of hydrogen-bond donors (Lipinski definition) is 3. The van der Waals surface area contributed by atoms with Crippen molar-refractivity contribution < 1.29 is 28.7 Å². The second kappa shape index (κ2) is 10.9. The van der Waals surface area contributed by atoms with Gasteiger partial charge >= 0.3 is 12.1 Å². The minimum absolute atomic E-state index is 0.00947. The summed E-state index contributed by atoms with van der Waals surface area (Å²) in [6.45, 7) is 3.54. The molecule has 5 aromatic rings. The van der Waals surface area contributed by atoms with Crippen LogP contribution in [-0.4, -0.2) is 32.3 Å². The summed E-state index contributed by atoms with van der Waals surface area (Å²) in [6.07, 6.45) is 0.229. The van der Waals surface area contributed by atoms with Crippen molar-refractivity contribution in [2.24, 2.45) is 0 Å². The molecular weight excluding hydrogens is 500 g/mol. The number of carbonyl (C=O) groups excluding carboxylic acids is 1. The Balaban J connectivity index is 1.27. The van der Waals surface area contributed by atoms with Crippen LogP contribution in [0.2, 0.25) is 0 Å². The SMILES string of the molecule is Cc1noc(-c2ccc(-c3ccc(Oc4nc[nH]c4C(=O)O)cc3)cc2)c1NC(=O)O[C@H](C)c1ccccc1. The van der Waals surface area contributed by atoms with Crippen LogP contribution >= 0.6 is 0 Å². The van der Waals surface area contributed by atoms with Crippen LogP contribution in [0.25, 0.3) is 22.5 Å². The normalized spacial score (nSPS) is 11.5. The third kappa shape index (κ3) is 5.64. The Labute approximate surface area is 223 Å². The number of imidazole rings is 1. The molecule has 0 radical (unpaired) electrons. The van der Waals surface area contributed by atoms with Gasteiger partial charge in [0, 0.05) is 5.56 Å².